The lowest BCUT2D eigenvalue weighted by atomic mass is 9.77. The second-order valence-electron chi connectivity index (χ2n) is 7.45. The van der Waals surface area contributed by atoms with E-state index in [2.05, 4.69) is 75.4 Å². The number of aromatic nitrogens is 1. The van der Waals surface area contributed by atoms with E-state index in [1.54, 1.807) is 0 Å². The van der Waals surface area contributed by atoms with Crippen molar-refractivity contribution in [2.75, 3.05) is 0 Å². The molecular formula is C15H23BBrNO2. The Kier molecular flexibility index (Phi) is 3.85. The molecule has 0 aromatic carbocycles. The van der Waals surface area contributed by atoms with Crippen LogP contribution < -0.4 is 5.46 Å². The number of hydrogen-bond acceptors (Lipinski definition) is 3. The lowest BCUT2D eigenvalue weighted by Crippen LogP contribution is -2.41. The van der Waals surface area contributed by atoms with Gasteiger partial charge in [0.2, 0.25) is 0 Å². The average molecular weight is 340 g/mol. The van der Waals surface area contributed by atoms with Gasteiger partial charge in [-0.1, -0.05) is 20.8 Å². The maximum absolute atomic E-state index is 6.10. The van der Waals surface area contributed by atoms with Gasteiger partial charge >= 0.3 is 7.12 Å². The molecule has 0 radical (unpaired) electrons. The highest BCUT2D eigenvalue weighted by Crippen LogP contribution is 2.36. The minimum atomic E-state index is -0.347. The van der Waals surface area contributed by atoms with Crippen molar-refractivity contribution in [2.24, 2.45) is 0 Å². The molecule has 0 atom stereocenters. The summed E-state index contributed by atoms with van der Waals surface area (Å²) < 4.78 is 13.0. The first kappa shape index (κ1) is 16.0. The van der Waals surface area contributed by atoms with Gasteiger partial charge in [0.1, 0.15) is 4.60 Å². The highest BCUT2D eigenvalue weighted by atomic mass is 79.9. The van der Waals surface area contributed by atoms with Gasteiger partial charge < -0.3 is 9.31 Å². The Balaban J connectivity index is 2.38. The Labute approximate surface area is 130 Å². The molecule has 3 nitrogen and oxygen atoms in total. The molecule has 0 saturated carbocycles. The van der Waals surface area contributed by atoms with Crippen LogP contribution in [0, 0.1) is 0 Å². The third-order valence-electron chi connectivity index (χ3n) is 4.11. The first-order chi connectivity index (χ1) is 8.92. The summed E-state index contributed by atoms with van der Waals surface area (Å²) in [5.41, 5.74) is 1.37. The average Bonchev–Trinajstić information content (AvgIpc) is 2.46. The molecule has 1 fully saturated rings. The largest absolute Gasteiger partial charge is 0.494 e. The topological polar surface area (TPSA) is 31.4 Å². The summed E-state index contributed by atoms with van der Waals surface area (Å²) in [6.45, 7) is 14.7. The third kappa shape index (κ3) is 2.95. The van der Waals surface area contributed by atoms with Crippen LogP contribution in [0.5, 0.6) is 0 Å². The zero-order valence-corrected chi connectivity index (χ0v) is 15.0. The van der Waals surface area contributed by atoms with Crippen LogP contribution in [0.3, 0.4) is 0 Å². The third-order valence-corrected chi connectivity index (χ3v) is 4.52. The molecule has 0 amide bonds. The van der Waals surface area contributed by atoms with Gasteiger partial charge in [0, 0.05) is 11.1 Å². The summed E-state index contributed by atoms with van der Waals surface area (Å²) in [5.74, 6) is 0. The van der Waals surface area contributed by atoms with Gasteiger partial charge in [-0.2, -0.15) is 0 Å². The van der Waals surface area contributed by atoms with E-state index in [1.165, 1.54) is 0 Å². The predicted molar refractivity (Wildman–Crippen MR) is 86.4 cm³/mol. The van der Waals surface area contributed by atoms with Gasteiger partial charge in [0.25, 0.3) is 0 Å². The monoisotopic (exact) mass is 339 g/mol. The van der Waals surface area contributed by atoms with Crippen molar-refractivity contribution in [2.45, 2.75) is 65.1 Å². The zero-order chi connectivity index (χ0) is 15.3. The van der Waals surface area contributed by atoms with Crippen LogP contribution in [-0.2, 0) is 14.7 Å². The normalized spacial score (nSPS) is 21.3. The SMILES string of the molecule is CC(C)(C)c1cc(B2OC(C)(C)C(C)(C)O2)cc(Br)n1. The van der Waals surface area contributed by atoms with Gasteiger partial charge in [0.15, 0.2) is 0 Å². The summed E-state index contributed by atoms with van der Waals surface area (Å²) in [7, 11) is -0.347. The van der Waals surface area contributed by atoms with E-state index >= 15 is 0 Å². The molecule has 2 rings (SSSR count). The summed E-state index contributed by atoms with van der Waals surface area (Å²) in [4.78, 5) is 4.55. The number of nitrogens with zero attached hydrogens (tertiary/aromatic N) is 1. The molecule has 2 heterocycles. The first-order valence-electron chi connectivity index (χ1n) is 6.96. The quantitative estimate of drug-likeness (QED) is 0.580. The molecule has 1 aliphatic rings. The van der Waals surface area contributed by atoms with Crippen molar-refractivity contribution in [3.63, 3.8) is 0 Å². The number of hydrogen-bond donors (Lipinski definition) is 0. The highest BCUT2D eigenvalue weighted by Gasteiger charge is 2.51. The maximum atomic E-state index is 6.10. The zero-order valence-electron chi connectivity index (χ0n) is 13.4. The van der Waals surface area contributed by atoms with Crippen molar-refractivity contribution in [3.05, 3.63) is 22.4 Å². The minimum Gasteiger partial charge on any atom is -0.399 e. The van der Waals surface area contributed by atoms with Crippen molar-refractivity contribution in [3.8, 4) is 0 Å². The fourth-order valence-electron chi connectivity index (χ4n) is 2.02. The molecule has 1 aromatic heterocycles. The summed E-state index contributed by atoms with van der Waals surface area (Å²) in [6.07, 6.45) is 0. The second-order valence-corrected chi connectivity index (χ2v) is 8.26. The van der Waals surface area contributed by atoms with Gasteiger partial charge in [-0.05, 0) is 61.2 Å². The number of pyridine rings is 1. The van der Waals surface area contributed by atoms with E-state index in [0.717, 1.165) is 15.8 Å². The van der Waals surface area contributed by atoms with Gasteiger partial charge in [-0.3, -0.25) is 0 Å². The standard InChI is InChI=1S/C15H23BBrNO2/c1-13(2,3)11-8-10(9-12(17)18-11)16-19-14(4,5)15(6,7)20-16/h8-9H,1-7H3. The van der Waals surface area contributed by atoms with Crippen LogP contribution >= 0.6 is 15.9 Å². The highest BCUT2D eigenvalue weighted by molar-refractivity contribution is 9.10. The van der Waals surface area contributed by atoms with E-state index in [0.29, 0.717) is 0 Å². The van der Waals surface area contributed by atoms with Crippen molar-refractivity contribution >= 4 is 28.5 Å². The number of halogens is 1. The van der Waals surface area contributed by atoms with Crippen molar-refractivity contribution < 1.29 is 9.31 Å². The van der Waals surface area contributed by atoms with Gasteiger partial charge in [0.05, 0.1) is 11.2 Å². The lowest BCUT2D eigenvalue weighted by molar-refractivity contribution is 0.00578. The van der Waals surface area contributed by atoms with E-state index in [1.807, 2.05) is 6.07 Å². The van der Waals surface area contributed by atoms with Crippen LogP contribution in [0.4, 0.5) is 0 Å². The smallest absolute Gasteiger partial charge is 0.399 e. The molecule has 0 aliphatic carbocycles. The Morgan fingerprint density at radius 2 is 1.55 bits per heavy atom. The Bertz CT molecular complexity index is 507. The minimum absolute atomic E-state index is 0.0117. The molecule has 5 heteroatoms. The van der Waals surface area contributed by atoms with Crippen molar-refractivity contribution in [1.82, 2.24) is 4.98 Å². The van der Waals surface area contributed by atoms with Crippen molar-refractivity contribution in [1.29, 1.82) is 0 Å². The Hall–Kier alpha value is -0.385. The van der Waals surface area contributed by atoms with Crippen LogP contribution in [0.1, 0.15) is 54.2 Å². The first-order valence-corrected chi connectivity index (χ1v) is 7.75. The molecule has 20 heavy (non-hydrogen) atoms. The molecule has 0 unspecified atom stereocenters. The van der Waals surface area contributed by atoms with E-state index in [4.69, 9.17) is 9.31 Å². The molecule has 1 aliphatic heterocycles. The molecule has 0 bridgehead atoms. The van der Waals surface area contributed by atoms with E-state index in [9.17, 15) is 0 Å². The molecule has 0 spiro atoms. The van der Waals surface area contributed by atoms with Crippen LogP contribution in [0.15, 0.2) is 16.7 Å². The molecule has 1 saturated heterocycles. The predicted octanol–water partition coefficient (Wildman–Crippen LogP) is 3.44. The van der Waals surface area contributed by atoms with Crippen LogP contribution in [0.2, 0.25) is 0 Å². The van der Waals surface area contributed by atoms with Gasteiger partial charge in [-0.15, -0.1) is 0 Å². The lowest BCUT2D eigenvalue weighted by Gasteiger charge is -2.32. The molecule has 1 aromatic rings. The van der Waals surface area contributed by atoms with Crippen LogP contribution in [0.25, 0.3) is 0 Å². The molecule has 110 valence electrons. The van der Waals surface area contributed by atoms with E-state index in [-0.39, 0.29) is 23.7 Å². The molecule has 0 N–H and O–H groups in total. The number of rotatable bonds is 1. The van der Waals surface area contributed by atoms with Crippen LogP contribution in [-0.4, -0.2) is 23.3 Å². The van der Waals surface area contributed by atoms with Gasteiger partial charge in [-0.25, -0.2) is 4.98 Å². The fraction of sp³-hybridized carbons (Fsp3) is 0.667. The molecular weight excluding hydrogens is 317 g/mol. The summed E-state index contributed by atoms with van der Waals surface area (Å²) in [5, 5.41) is 0. The Morgan fingerprint density at radius 1 is 1.05 bits per heavy atom. The maximum Gasteiger partial charge on any atom is 0.494 e. The second kappa shape index (κ2) is 4.82. The summed E-state index contributed by atoms with van der Waals surface area (Å²) >= 11 is 3.49. The summed E-state index contributed by atoms with van der Waals surface area (Å²) in [6, 6.07) is 4.05. The fourth-order valence-corrected chi connectivity index (χ4v) is 2.47. The Morgan fingerprint density at radius 3 is 2.00 bits per heavy atom. The van der Waals surface area contributed by atoms with E-state index < -0.39 is 0 Å².